The van der Waals surface area contributed by atoms with Gasteiger partial charge in [0.15, 0.2) is 0 Å². The van der Waals surface area contributed by atoms with Crippen LogP contribution < -0.4 is 4.74 Å². The molecule has 186 valence electrons. The van der Waals surface area contributed by atoms with Crippen LogP contribution in [0.3, 0.4) is 0 Å². The van der Waals surface area contributed by atoms with E-state index >= 15 is 0 Å². The van der Waals surface area contributed by atoms with Crippen molar-refractivity contribution < 1.29 is 35.0 Å². The van der Waals surface area contributed by atoms with Crippen molar-refractivity contribution in [2.75, 3.05) is 0 Å². The average Bonchev–Trinajstić information content (AvgIpc) is 3.36. The molecular formula is C30H27N2O2PtS-. The van der Waals surface area contributed by atoms with Crippen LogP contribution in [0, 0.1) is 11.5 Å². The summed E-state index contributed by atoms with van der Waals surface area (Å²) in [6.45, 7) is 3.96. The normalized spacial score (nSPS) is 24.1. The first-order valence-electron chi connectivity index (χ1n) is 13.1. The molecule has 6 rings (SSSR count). The van der Waals surface area contributed by atoms with E-state index in [9.17, 15) is 5.11 Å². The van der Waals surface area contributed by atoms with Crippen molar-refractivity contribution in [2.45, 2.75) is 44.3 Å². The standard InChI is InChI=1S/C30H27N2O2S.Pt/c1-28(2,3)30-18-21-9-5-6-13-23(21)29(30,4)32-27(35-30)20-11-7-12-22(17-20)34-25-16-15-19-10-8-14-24(33)26(19)31-25;/h5-16,33H,18H2,1-4H3;/q-1;/t29-,30-;/m0./s1/i4D3;. The topological polar surface area (TPSA) is 54.7 Å². The Kier molecular flexibility index (Phi) is 5.21. The molecule has 4 nitrogen and oxygen atoms in total. The van der Waals surface area contributed by atoms with Crippen molar-refractivity contribution in [3.8, 4) is 17.4 Å². The van der Waals surface area contributed by atoms with E-state index in [4.69, 9.17) is 13.8 Å². The van der Waals surface area contributed by atoms with Gasteiger partial charge in [0.05, 0.1) is 10.3 Å². The Morgan fingerprint density at radius 1 is 1.03 bits per heavy atom. The first kappa shape index (κ1) is 21.5. The quantitative estimate of drug-likeness (QED) is 0.232. The van der Waals surface area contributed by atoms with Gasteiger partial charge in [-0.25, -0.2) is 4.98 Å². The van der Waals surface area contributed by atoms with Gasteiger partial charge >= 0.3 is 0 Å². The predicted molar refractivity (Wildman–Crippen MR) is 143 cm³/mol. The number of pyridine rings is 1. The van der Waals surface area contributed by atoms with Crippen molar-refractivity contribution in [3.63, 3.8) is 0 Å². The number of para-hydroxylation sites is 1. The molecule has 2 aliphatic rings. The van der Waals surface area contributed by atoms with Gasteiger partial charge in [-0.3, -0.25) is 0 Å². The van der Waals surface area contributed by atoms with Gasteiger partial charge in [0.1, 0.15) is 11.3 Å². The number of ether oxygens (including phenoxy) is 1. The van der Waals surface area contributed by atoms with E-state index in [-0.39, 0.29) is 32.2 Å². The Balaban J connectivity index is 0.00000308. The maximum absolute atomic E-state index is 10.2. The number of nitrogens with zero attached hydrogens (tertiary/aromatic N) is 2. The van der Waals surface area contributed by atoms with Gasteiger partial charge in [0.2, 0.25) is 5.88 Å². The largest absolute Gasteiger partial charge is 0.506 e. The zero-order valence-corrected chi connectivity index (χ0v) is 23.2. The molecule has 3 aromatic carbocycles. The van der Waals surface area contributed by atoms with E-state index in [0.29, 0.717) is 34.2 Å². The molecular weight excluding hydrogens is 647 g/mol. The van der Waals surface area contributed by atoms with Crippen LogP contribution in [0.2, 0.25) is 0 Å². The number of hydrogen-bond acceptors (Lipinski definition) is 5. The number of fused-ring (bicyclic) bond motifs is 4. The monoisotopic (exact) mass is 677 g/mol. The fourth-order valence-electron chi connectivity index (χ4n) is 5.23. The SMILES string of the molecule is [2H]C([2H])([2H])[C@@]12N=C(c3[c-]c(Oc4ccc5cccc(O)c5n4)ccc3)S[C@]1(C(C)(C)C)Cc1ccccc12.[Pt]. The molecule has 36 heavy (non-hydrogen) atoms. The number of aromatic hydroxyl groups is 1. The molecule has 1 aromatic heterocycles. The summed E-state index contributed by atoms with van der Waals surface area (Å²) in [6, 6.07) is 25.4. The third-order valence-corrected chi connectivity index (χ3v) is 8.97. The van der Waals surface area contributed by atoms with E-state index in [1.54, 1.807) is 36.0 Å². The number of aliphatic imine (C=N–C) groups is 1. The first-order valence-corrected chi connectivity index (χ1v) is 12.4. The van der Waals surface area contributed by atoms with Gasteiger partial charge in [-0.1, -0.05) is 63.2 Å². The van der Waals surface area contributed by atoms with Crippen molar-refractivity contribution in [1.29, 1.82) is 0 Å². The van der Waals surface area contributed by atoms with Crippen LogP contribution in [0.5, 0.6) is 17.4 Å². The maximum Gasteiger partial charge on any atom is 0.217 e. The van der Waals surface area contributed by atoms with E-state index in [0.717, 1.165) is 16.5 Å². The zero-order chi connectivity index (χ0) is 26.9. The molecule has 0 fully saturated rings. The van der Waals surface area contributed by atoms with Crippen LogP contribution in [-0.4, -0.2) is 19.9 Å². The van der Waals surface area contributed by atoms with Crippen LogP contribution in [0.4, 0.5) is 0 Å². The molecule has 1 aliphatic heterocycles. The van der Waals surface area contributed by atoms with Gasteiger partial charge in [-0.15, -0.1) is 35.5 Å². The molecule has 0 spiro atoms. The molecule has 4 aromatic rings. The third kappa shape index (κ3) is 3.71. The molecule has 0 saturated carbocycles. The number of rotatable bonds is 3. The third-order valence-electron chi connectivity index (χ3n) is 7.07. The Hall–Kier alpha value is -2.62. The number of thioether (sulfide) groups is 1. The summed E-state index contributed by atoms with van der Waals surface area (Å²) in [5, 5.41) is 11.6. The minimum absolute atomic E-state index is 0. The molecule has 0 unspecified atom stereocenters. The Labute approximate surface area is 234 Å². The van der Waals surface area contributed by atoms with Crippen LogP contribution in [0.15, 0.2) is 77.8 Å². The molecule has 0 bridgehead atoms. The summed E-state index contributed by atoms with van der Waals surface area (Å²) in [7, 11) is 0. The van der Waals surface area contributed by atoms with Crippen molar-refractivity contribution >= 4 is 27.7 Å². The second-order valence-electron chi connectivity index (χ2n) is 10.2. The van der Waals surface area contributed by atoms with Crippen LogP contribution in [0.1, 0.15) is 48.4 Å². The molecule has 1 N–H and O–H groups in total. The first-order chi connectivity index (χ1) is 18.0. The summed E-state index contributed by atoms with van der Waals surface area (Å²) in [5.74, 6) is 0.833. The number of hydrogen-bond donors (Lipinski definition) is 1. The molecule has 0 amide bonds. The van der Waals surface area contributed by atoms with E-state index < -0.39 is 17.1 Å². The van der Waals surface area contributed by atoms with Crippen LogP contribution in [0.25, 0.3) is 10.9 Å². The Morgan fingerprint density at radius 2 is 1.83 bits per heavy atom. The van der Waals surface area contributed by atoms with Gasteiger partial charge in [0, 0.05) is 47.4 Å². The second-order valence-corrected chi connectivity index (χ2v) is 11.5. The fraction of sp³-hybridized carbons (Fsp3) is 0.267. The van der Waals surface area contributed by atoms with Crippen LogP contribution >= 0.6 is 11.8 Å². The Bertz CT molecular complexity index is 1620. The molecule has 1 aliphatic carbocycles. The molecule has 6 heteroatoms. The zero-order valence-electron chi connectivity index (χ0n) is 23.1. The van der Waals surface area contributed by atoms with Gasteiger partial charge in [0.25, 0.3) is 0 Å². The summed E-state index contributed by atoms with van der Waals surface area (Å²) >= 11 is 1.54. The second kappa shape index (κ2) is 8.74. The van der Waals surface area contributed by atoms with Gasteiger partial charge < -0.3 is 14.8 Å². The Morgan fingerprint density at radius 3 is 2.64 bits per heavy atom. The van der Waals surface area contributed by atoms with Crippen LogP contribution in [-0.2, 0) is 33.0 Å². The maximum atomic E-state index is 10.2. The molecule has 0 radical (unpaired) electrons. The number of aromatic nitrogens is 1. The minimum Gasteiger partial charge on any atom is -0.506 e. The summed E-state index contributed by atoms with van der Waals surface area (Å²) in [6.07, 6.45) is 0.615. The summed E-state index contributed by atoms with van der Waals surface area (Å²) in [4.78, 5) is 9.54. The van der Waals surface area contributed by atoms with E-state index in [1.165, 1.54) is 0 Å². The molecule has 2 heterocycles. The minimum atomic E-state index is -2.35. The fourth-order valence-corrected chi connectivity index (χ4v) is 6.81. The van der Waals surface area contributed by atoms with Crippen molar-refractivity contribution in [1.82, 2.24) is 4.98 Å². The summed E-state index contributed by atoms with van der Waals surface area (Å²) in [5.41, 5.74) is 1.20. The van der Waals surface area contributed by atoms with Gasteiger partial charge in [-0.05, 0) is 41.9 Å². The van der Waals surface area contributed by atoms with Crippen molar-refractivity contribution in [2.24, 2.45) is 10.4 Å². The number of phenols is 1. The average molecular weight is 678 g/mol. The number of benzene rings is 3. The predicted octanol–water partition coefficient (Wildman–Crippen LogP) is 7.28. The molecule has 0 saturated heterocycles. The van der Waals surface area contributed by atoms with Crippen molar-refractivity contribution in [3.05, 3.63) is 95.6 Å². The van der Waals surface area contributed by atoms with E-state index in [1.807, 2.05) is 48.5 Å². The molecule has 2 atom stereocenters. The summed E-state index contributed by atoms with van der Waals surface area (Å²) < 4.78 is 31.6. The van der Waals surface area contributed by atoms with Gasteiger partial charge in [-0.2, -0.15) is 0 Å². The number of phenolic OH excluding ortho intramolecular Hbond substituents is 1. The van der Waals surface area contributed by atoms with E-state index in [2.05, 4.69) is 31.8 Å². The smallest absolute Gasteiger partial charge is 0.217 e.